The maximum absolute atomic E-state index is 11.8. The van der Waals surface area contributed by atoms with Gasteiger partial charge in [0.25, 0.3) is 5.91 Å². The number of anilines is 2. The standard InChI is InChI=1S/C12H18N2O4/c1-8(18-6-5-15)12(16)14-10-7-9(13)3-4-11(10)17-2/h3-4,7-8,15H,5-6,13H2,1-2H3,(H,14,16). The van der Waals surface area contributed by atoms with E-state index in [1.54, 1.807) is 25.1 Å². The van der Waals surface area contributed by atoms with Crippen molar-refractivity contribution < 1.29 is 19.4 Å². The van der Waals surface area contributed by atoms with E-state index < -0.39 is 6.10 Å². The zero-order valence-corrected chi connectivity index (χ0v) is 10.5. The Bertz CT molecular complexity index is 409. The molecule has 1 atom stereocenters. The Morgan fingerprint density at radius 3 is 2.89 bits per heavy atom. The highest BCUT2D eigenvalue weighted by Gasteiger charge is 2.15. The van der Waals surface area contributed by atoms with Crippen molar-refractivity contribution >= 4 is 17.3 Å². The molecule has 0 saturated carbocycles. The van der Waals surface area contributed by atoms with Gasteiger partial charge in [0, 0.05) is 5.69 Å². The molecule has 0 radical (unpaired) electrons. The predicted molar refractivity (Wildman–Crippen MR) is 68.5 cm³/mol. The molecule has 4 N–H and O–H groups in total. The van der Waals surface area contributed by atoms with Gasteiger partial charge in [0.2, 0.25) is 0 Å². The summed E-state index contributed by atoms with van der Waals surface area (Å²) in [5.41, 5.74) is 6.65. The molecule has 1 aromatic rings. The van der Waals surface area contributed by atoms with E-state index in [1.165, 1.54) is 7.11 Å². The van der Waals surface area contributed by atoms with Crippen LogP contribution in [0.3, 0.4) is 0 Å². The first-order chi connectivity index (χ1) is 8.58. The third kappa shape index (κ3) is 3.90. The molecular weight excluding hydrogens is 236 g/mol. The van der Waals surface area contributed by atoms with Gasteiger partial charge in [0.15, 0.2) is 0 Å². The molecule has 1 amide bonds. The molecule has 18 heavy (non-hydrogen) atoms. The summed E-state index contributed by atoms with van der Waals surface area (Å²) < 4.78 is 10.2. The van der Waals surface area contributed by atoms with Crippen LogP contribution in [0.15, 0.2) is 18.2 Å². The fourth-order valence-corrected chi connectivity index (χ4v) is 1.36. The van der Waals surface area contributed by atoms with E-state index in [0.717, 1.165) is 0 Å². The highest BCUT2D eigenvalue weighted by atomic mass is 16.5. The number of carbonyl (C=O) groups excluding carboxylic acids is 1. The highest BCUT2D eigenvalue weighted by molar-refractivity contribution is 5.95. The van der Waals surface area contributed by atoms with Crippen molar-refractivity contribution in [2.45, 2.75) is 13.0 Å². The van der Waals surface area contributed by atoms with Crippen molar-refractivity contribution in [1.82, 2.24) is 0 Å². The number of methoxy groups -OCH3 is 1. The maximum Gasteiger partial charge on any atom is 0.253 e. The van der Waals surface area contributed by atoms with Crippen LogP contribution in [0.1, 0.15) is 6.92 Å². The van der Waals surface area contributed by atoms with E-state index in [2.05, 4.69) is 5.32 Å². The lowest BCUT2D eigenvalue weighted by atomic mass is 10.2. The molecule has 0 bridgehead atoms. The van der Waals surface area contributed by atoms with E-state index in [4.69, 9.17) is 20.3 Å². The molecule has 0 heterocycles. The number of ether oxygens (including phenoxy) is 2. The fourth-order valence-electron chi connectivity index (χ4n) is 1.36. The Morgan fingerprint density at radius 1 is 1.56 bits per heavy atom. The van der Waals surface area contributed by atoms with E-state index in [-0.39, 0.29) is 19.1 Å². The number of aliphatic hydroxyl groups is 1. The van der Waals surface area contributed by atoms with E-state index >= 15 is 0 Å². The molecule has 0 aliphatic carbocycles. The maximum atomic E-state index is 11.8. The van der Waals surface area contributed by atoms with Crippen molar-refractivity contribution in [2.75, 3.05) is 31.4 Å². The molecule has 6 heteroatoms. The van der Waals surface area contributed by atoms with Gasteiger partial charge in [0.1, 0.15) is 11.9 Å². The van der Waals surface area contributed by atoms with Crippen LogP contribution in [-0.4, -0.2) is 37.4 Å². The first kappa shape index (κ1) is 14.3. The molecule has 1 aromatic carbocycles. The molecule has 0 saturated heterocycles. The normalized spacial score (nSPS) is 11.9. The molecule has 0 fully saturated rings. The molecule has 6 nitrogen and oxygen atoms in total. The van der Waals surface area contributed by atoms with Gasteiger partial charge in [-0.1, -0.05) is 0 Å². The number of nitrogens with one attached hydrogen (secondary N) is 1. The summed E-state index contributed by atoms with van der Waals surface area (Å²) in [6.45, 7) is 1.59. The summed E-state index contributed by atoms with van der Waals surface area (Å²) in [6.07, 6.45) is -0.664. The number of aliphatic hydroxyl groups excluding tert-OH is 1. The zero-order valence-electron chi connectivity index (χ0n) is 10.5. The van der Waals surface area contributed by atoms with Crippen LogP contribution in [0.2, 0.25) is 0 Å². The molecule has 100 valence electrons. The topological polar surface area (TPSA) is 93.8 Å². The van der Waals surface area contributed by atoms with Crippen molar-refractivity contribution in [3.05, 3.63) is 18.2 Å². The van der Waals surface area contributed by atoms with Crippen molar-refractivity contribution in [3.63, 3.8) is 0 Å². The quantitative estimate of drug-likeness (QED) is 0.647. The van der Waals surface area contributed by atoms with Gasteiger partial charge in [-0.05, 0) is 25.1 Å². The van der Waals surface area contributed by atoms with Gasteiger partial charge in [-0.15, -0.1) is 0 Å². The van der Waals surface area contributed by atoms with E-state index in [9.17, 15) is 4.79 Å². The highest BCUT2D eigenvalue weighted by Crippen LogP contribution is 2.26. The fraction of sp³-hybridized carbons (Fsp3) is 0.417. The van der Waals surface area contributed by atoms with Gasteiger partial charge < -0.3 is 25.6 Å². The molecule has 1 unspecified atom stereocenters. The number of nitrogen functional groups attached to an aromatic ring is 1. The second-order valence-electron chi connectivity index (χ2n) is 3.69. The lowest BCUT2D eigenvalue weighted by molar-refractivity contribution is -0.126. The van der Waals surface area contributed by atoms with Gasteiger partial charge in [-0.3, -0.25) is 4.79 Å². The van der Waals surface area contributed by atoms with Crippen LogP contribution < -0.4 is 15.8 Å². The second-order valence-corrected chi connectivity index (χ2v) is 3.69. The van der Waals surface area contributed by atoms with Crippen molar-refractivity contribution in [3.8, 4) is 5.75 Å². The monoisotopic (exact) mass is 254 g/mol. The Kier molecular flexibility index (Phi) is 5.41. The van der Waals surface area contributed by atoms with Crippen molar-refractivity contribution in [2.24, 2.45) is 0 Å². The average Bonchev–Trinajstić information content (AvgIpc) is 2.36. The van der Waals surface area contributed by atoms with E-state index in [1.807, 2.05) is 0 Å². The minimum absolute atomic E-state index is 0.114. The second kappa shape index (κ2) is 6.83. The molecular formula is C12H18N2O4. The third-order valence-corrected chi connectivity index (χ3v) is 2.31. The van der Waals surface area contributed by atoms with Crippen LogP contribution in [0.4, 0.5) is 11.4 Å². The largest absolute Gasteiger partial charge is 0.495 e. The Labute approximate surface area is 106 Å². The summed E-state index contributed by atoms with van der Waals surface area (Å²) in [5, 5.41) is 11.3. The summed E-state index contributed by atoms with van der Waals surface area (Å²) in [7, 11) is 1.51. The number of benzene rings is 1. The molecule has 0 aliphatic rings. The van der Waals surface area contributed by atoms with Crippen LogP contribution >= 0.6 is 0 Å². The number of hydrogen-bond donors (Lipinski definition) is 3. The number of nitrogens with two attached hydrogens (primary N) is 1. The Morgan fingerprint density at radius 2 is 2.28 bits per heavy atom. The lowest BCUT2D eigenvalue weighted by Crippen LogP contribution is -2.28. The minimum atomic E-state index is -0.664. The first-order valence-corrected chi connectivity index (χ1v) is 5.55. The molecule has 0 aromatic heterocycles. The summed E-state index contributed by atoms with van der Waals surface area (Å²) in [6, 6.07) is 4.96. The molecule has 0 aliphatic heterocycles. The van der Waals surface area contributed by atoms with Crippen LogP contribution in [-0.2, 0) is 9.53 Å². The molecule has 1 rings (SSSR count). The van der Waals surface area contributed by atoms with Crippen molar-refractivity contribution in [1.29, 1.82) is 0 Å². The first-order valence-electron chi connectivity index (χ1n) is 5.55. The number of hydrogen-bond acceptors (Lipinski definition) is 5. The van der Waals surface area contributed by atoms with Crippen LogP contribution in [0.5, 0.6) is 5.75 Å². The van der Waals surface area contributed by atoms with Gasteiger partial charge in [-0.25, -0.2) is 0 Å². The Hall–Kier alpha value is -1.79. The van der Waals surface area contributed by atoms with Gasteiger partial charge in [-0.2, -0.15) is 0 Å². The minimum Gasteiger partial charge on any atom is -0.495 e. The number of carbonyl (C=O) groups is 1. The van der Waals surface area contributed by atoms with Gasteiger partial charge >= 0.3 is 0 Å². The summed E-state index contributed by atoms with van der Waals surface area (Å²) in [4.78, 5) is 11.8. The Balaban J connectivity index is 2.71. The van der Waals surface area contributed by atoms with Crippen LogP contribution in [0.25, 0.3) is 0 Å². The molecule has 0 spiro atoms. The van der Waals surface area contributed by atoms with E-state index in [0.29, 0.717) is 17.1 Å². The van der Waals surface area contributed by atoms with Gasteiger partial charge in [0.05, 0.1) is 26.0 Å². The number of amides is 1. The zero-order chi connectivity index (χ0) is 13.5. The lowest BCUT2D eigenvalue weighted by Gasteiger charge is -2.15. The third-order valence-electron chi connectivity index (χ3n) is 2.31. The summed E-state index contributed by atoms with van der Waals surface area (Å²) >= 11 is 0. The predicted octanol–water partition coefficient (Wildman–Crippen LogP) is 0.613. The average molecular weight is 254 g/mol. The van der Waals surface area contributed by atoms with Crippen LogP contribution in [0, 0.1) is 0 Å². The number of rotatable bonds is 6. The summed E-state index contributed by atoms with van der Waals surface area (Å²) in [5.74, 6) is 0.194. The SMILES string of the molecule is COc1ccc(N)cc1NC(=O)C(C)OCCO. The smallest absolute Gasteiger partial charge is 0.253 e.